The largest absolute Gasteiger partial charge is 0.465 e. The van der Waals surface area contributed by atoms with Crippen molar-refractivity contribution < 1.29 is 19.4 Å². The van der Waals surface area contributed by atoms with Crippen LogP contribution in [0.5, 0.6) is 0 Å². The van der Waals surface area contributed by atoms with E-state index in [2.05, 4.69) is 19.2 Å². The van der Waals surface area contributed by atoms with E-state index in [0.29, 0.717) is 19.1 Å². The number of carbonyl (C=O) groups excluding carboxylic acids is 1. The minimum Gasteiger partial charge on any atom is -0.465 e. The molecule has 0 fully saturated rings. The van der Waals surface area contributed by atoms with Crippen LogP contribution in [0.25, 0.3) is 0 Å². The summed E-state index contributed by atoms with van der Waals surface area (Å²) in [5, 5.41) is 12.5. The molecule has 0 rings (SSSR count). The molecule has 0 aromatic rings. The lowest BCUT2D eigenvalue weighted by Gasteiger charge is -2.18. The van der Waals surface area contributed by atoms with Gasteiger partial charge in [0.1, 0.15) is 0 Å². The smallest absolute Gasteiger partial charge is 0.319 e. The van der Waals surface area contributed by atoms with Crippen molar-refractivity contribution in [1.29, 1.82) is 0 Å². The summed E-state index contributed by atoms with van der Waals surface area (Å²) in [6.07, 6.45) is 0.516. The van der Waals surface area contributed by atoms with Gasteiger partial charge in [0, 0.05) is 6.54 Å². The normalized spacial score (nSPS) is 14.6. The monoisotopic (exact) mass is 261 g/mol. The molecular weight excluding hydrogens is 234 g/mol. The molecule has 0 saturated heterocycles. The lowest BCUT2D eigenvalue weighted by Crippen LogP contribution is -2.35. The van der Waals surface area contributed by atoms with E-state index in [-0.39, 0.29) is 25.2 Å². The summed E-state index contributed by atoms with van der Waals surface area (Å²) in [5.74, 6) is 0.276. The van der Waals surface area contributed by atoms with Crippen molar-refractivity contribution in [2.24, 2.45) is 5.92 Å². The Hall–Kier alpha value is -0.650. The van der Waals surface area contributed by atoms with Gasteiger partial charge in [-0.1, -0.05) is 13.8 Å². The van der Waals surface area contributed by atoms with Crippen LogP contribution in [0.1, 0.15) is 34.1 Å². The highest BCUT2D eigenvalue weighted by atomic mass is 16.5. The molecule has 18 heavy (non-hydrogen) atoms. The SMILES string of the molecule is CCOC(=O)CNCC(O)COC(C)CC(C)C. The second-order valence-corrected chi connectivity index (χ2v) is 4.86. The summed E-state index contributed by atoms with van der Waals surface area (Å²) in [5.41, 5.74) is 0. The minimum absolute atomic E-state index is 0.118. The average Bonchev–Trinajstić information content (AvgIpc) is 2.26. The van der Waals surface area contributed by atoms with Gasteiger partial charge in [-0.2, -0.15) is 0 Å². The first kappa shape index (κ1) is 17.4. The third-order valence-corrected chi connectivity index (χ3v) is 2.33. The van der Waals surface area contributed by atoms with Crippen LogP contribution in [0.2, 0.25) is 0 Å². The summed E-state index contributed by atoms with van der Waals surface area (Å²) in [6.45, 7) is 9.13. The lowest BCUT2D eigenvalue weighted by atomic mass is 10.1. The summed E-state index contributed by atoms with van der Waals surface area (Å²) < 4.78 is 10.3. The van der Waals surface area contributed by atoms with Crippen molar-refractivity contribution in [3.05, 3.63) is 0 Å². The van der Waals surface area contributed by atoms with Crippen LogP contribution in [0.3, 0.4) is 0 Å². The number of carbonyl (C=O) groups is 1. The molecule has 0 aromatic carbocycles. The van der Waals surface area contributed by atoms with Crippen LogP contribution >= 0.6 is 0 Å². The zero-order valence-corrected chi connectivity index (χ0v) is 11.9. The molecule has 0 bridgehead atoms. The molecule has 5 heteroatoms. The Bertz CT molecular complexity index is 221. The van der Waals surface area contributed by atoms with E-state index in [1.807, 2.05) is 6.92 Å². The third kappa shape index (κ3) is 10.5. The van der Waals surface area contributed by atoms with Crippen molar-refractivity contribution in [2.75, 3.05) is 26.3 Å². The number of ether oxygens (including phenoxy) is 2. The van der Waals surface area contributed by atoms with E-state index in [0.717, 1.165) is 6.42 Å². The highest BCUT2D eigenvalue weighted by Gasteiger charge is 2.10. The average molecular weight is 261 g/mol. The summed E-state index contributed by atoms with van der Waals surface area (Å²) in [6, 6.07) is 0. The van der Waals surface area contributed by atoms with Gasteiger partial charge in [0.25, 0.3) is 0 Å². The molecule has 2 atom stereocenters. The van der Waals surface area contributed by atoms with Gasteiger partial charge in [-0.3, -0.25) is 4.79 Å². The van der Waals surface area contributed by atoms with Crippen molar-refractivity contribution in [3.8, 4) is 0 Å². The van der Waals surface area contributed by atoms with E-state index in [9.17, 15) is 9.90 Å². The zero-order chi connectivity index (χ0) is 14.0. The summed E-state index contributed by atoms with van der Waals surface area (Å²) in [7, 11) is 0. The summed E-state index contributed by atoms with van der Waals surface area (Å²) in [4.78, 5) is 11.0. The Morgan fingerprint density at radius 2 is 2.00 bits per heavy atom. The lowest BCUT2D eigenvalue weighted by molar-refractivity contribution is -0.142. The van der Waals surface area contributed by atoms with Gasteiger partial charge >= 0.3 is 5.97 Å². The van der Waals surface area contributed by atoms with E-state index in [4.69, 9.17) is 9.47 Å². The molecule has 0 aliphatic heterocycles. The fraction of sp³-hybridized carbons (Fsp3) is 0.923. The molecular formula is C13H27NO4. The molecule has 5 nitrogen and oxygen atoms in total. The fourth-order valence-corrected chi connectivity index (χ4v) is 1.62. The van der Waals surface area contributed by atoms with Crippen LogP contribution in [0.15, 0.2) is 0 Å². The molecule has 0 radical (unpaired) electrons. The summed E-state index contributed by atoms with van der Waals surface area (Å²) >= 11 is 0. The van der Waals surface area contributed by atoms with Crippen molar-refractivity contribution in [1.82, 2.24) is 5.32 Å². The number of aliphatic hydroxyl groups is 1. The van der Waals surface area contributed by atoms with Gasteiger partial charge < -0.3 is 19.9 Å². The number of hydrogen-bond donors (Lipinski definition) is 2. The highest BCUT2D eigenvalue weighted by Crippen LogP contribution is 2.07. The predicted molar refractivity (Wildman–Crippen MR) is 70.4 cm³/mol. The van der Waals surface area contributed by atoms with E-state index in [1.165, 1.54) is 0 Å². The standard InChI is InChI=1S/C13H27NO4/c1-5-17-13(16)8-14-7-12(15)9-18-11(4)6-10(2)3/h10-12,14-15H,5-9H2,1-4H3. The first-order valence-electron chi connectivity index (χ1n) is 6.61. The van der Waals surface area contributed by atoms with Gasteiger partial charge in [0.15, 0.2) is 0 Å². The Labute approximate surface area is 110 Å². The fourth-order valence-electron chi connectivity index (χ4n) is 1.62. The van der Waals surface area contributed by atoms with Crippen molar-refractivity contribution >= 4 is 5.97 Å². The van der Waals surface area contributed by atoms with Gasteiger partial charge in [0.2, 0.25) is 0 Å². The first-order valence-corrected chi connectivity index (χ1v) is 6.61. The topological polar surface area (TPSA) is 67.8 Å². The number of esters is 1. The van der Waals surface area contributed by atoms with Crippen LogP contribution in [-0.2, 0) is 14.3 Å². The molecule has 0 amide bonds. The maximum atomic E-state index is 11.0. The van der Waals surface area contributed by atoms with Crippen LogP contribution in [-0.4, -0.2) is 49.6 Å². The first-order chi connectivity index (χ1) is 8.45. The van der Waals surface area contributed by atoms with Crippen LogP contribution in [0, 0.1) is 5.92 Å². The number of hydrogen-bond acceptors (Lipinski definition) is 5. The highest BCUT2D eigenvalue weighted by molar-refractivity contribution is 5.71. The predicted octanol–water partition coefficient (Wildman–Crippen LogP) is 0.951. The van der Waals surface area contributed by atoms with Crippen LogP contribution < -0.4 is 5.32 Å². The van der Waals surface area contributed by atoms with Gasteiger partial charge in [0.05, 0.1) is 32.0 Å². The number of rotatable bonds is 10. The Balaban J connectivity index is 3.53. The second kappa shape index (κ2) is 10.3. The number of aliphatic hydroxyl groups excluding tert-OH is 1. The van der Waals surface area contributed by atoms with Crippen molar-refractivity contribution in [2.45, 2.75) is 46.3 Å². The maximum Gasteiger partial charge on any atom is 0.319 e. The molecule has 2 unspecified atom stereocenters. The second-order valence-electron chi connectivity index (χ2n) is 4.86. The zero-order valence-electron chi connectivity index (χ0n) is 11.9. The molecule has 2 N–H and O–H groups in total. The van der Waals surface area contributed by atoms with Crippen LogP contribution in [0.4, 0.5) is 0 Å². The maximum absolute atomic E-state index is 11.0. The molecule has 0 aromatic heterocycles. The van der Waals surface area contributed by atoms with Gasteiger partial charge in [-0.05, 0) is 26.2 Å². The third-order valence-electron chi connectivity index (χ3n) is 2.33. The molecule has 0 heterocycles. The van der Waals surface area contributed by atoms with E-state index in [1.54, 1.807) is 6.92 Å². The molecule has 0 saturated carbocycles. The number of nitrogens with one attached hydrogen (secondary N) is 1. The van der Waals surface area contributed by atoms with Crippen molar-refractivity contribution in [3.63, 3.8) is 0 Å². The minimum atomic E-state index is -0.603. The molecule has 0 spiro atoms. The Morgan fingerprint density at radius 3 is 2.56 bits per heavy atom. The van der Waals surface area contributed by atoms with E-state index < -0.39 is 6.10 Å². The van der Waals surface area contributed by atoms with E-state index >= 15 is 0 Å². The van der Waals surface area contributed by atoms with Gasteiger partial charge in [-0.25, -0.2) is 0 Å². The Morgan fingerprint density at radius 1 is 1.33 bits per heavy atom. The molecule has 0 aliphatic rings. The van der Waals surface area contributed by atoms with Gasteiger partial charge in [-0.15, -0.1) is 0 Å². The quantitative estimate of drug-likeness (QED) is 0.573. The Kier molecular flexibility index (Phi) is 9.92. The molecule has 108 valence electrons. The molecule has 0 aliphatic carbocycles.